The number of hydrogen-bond donors (Lipinski definition) is 2. The van der Waals surface area contributed by atoms with Crippen LogP contribution in [0.3, 0.4) is 0 Å². The first-order chi connectivity index (χ1) is 14.4. The lowest BCUT2D eigenvalue weighted by molar-refractivity contribution is 0.196. The maximum Gasteiger partial charge on any atom is 0.240 e. The number of piperidine rings is 1. The molecular formula is C22H25ClFN5O. The smallest absolute Gasteiger partial charge is 0.240 e. The quantitative estimate of drug-likeness (QED) is 0.707. The van der Waals surface area contributed by atoms with E-state index in [1.807, 2.05) is 0 Å². The van der Waals surface area contributed by atoms with Crippen LogP contribution in [0, 0.1) is 24.7 Å². The Morgan fingerprint density at radius 1 is 1.33 bits per heavy atom. The molecule has 0 bridgehead atoms. The predicted octanol–water partition coefficient (Wildman–Crippen LogP) is 4.39. The minimum Gasteiger partial charge on any atom is -0.390 e. The maximum atomic E-state index is 14.8. The summed E-state index contributed by atoms with van der Waals surface area (Å²) in [7, 11) is 0. The molecule has 2 aliphatic rings. The molecule has 8 heteroatoms. The van der Waals surface area contributed by atoms with E-state index in [2.05, 4.69) is 14.7 Å². The molecule has 4 rings (SSSR count). The molecule has 0 unspecified atom stereocenters. The third kappa shape index (κ3) is 3.43. The van der Waals surface area contributed by atoms with Crippen LogP contribution in [0.4, 0.5) is 15.9 Å². The number of rotatable bonds is 3. The number of aromatic nitrogens is 2. The van der Waals surface area contributed by atoms with Crippen molar-refractivity contribution in [1.82, 2.24) is 9.97 Å². The van der Waals surface area contributed by atoms with Crippen LogP contribution in [-0.2, 0) is 6.61 Å². The standard InChI is InChI=1S/C22H25ClFN5O/c1-13-19(14-5-6-15(23)20(26-2)18(14)24)28-16(12-30)21(27-13)29-10-8-22(9-11-29)7-3-4-17(22)25/h5-6,17,30H,3-4,7-12,25H2,1H3/t17-/m1/s1. The monoisotopic (exact) mass is 429 g/mol. The van der Waals surface area contributed by atoms with Gasteiger partial charge in [0.1, 0.15) is 11.5 Å². The number of aryl methyl sites for hydroxylation is 1. The Kier molecular flexibility index (Phi) is 5.67. The van der Waals surface area contributed by atoms with Gasteiger partial charge in [0.05, 0.1) is 29.6 Å². The largest absolute Gasteiger partial charge is 0.390 e. The summed E-state index contributed by atoms with van der Waals surface area (Å²) in [5, 5.41) is 10.0. The first kappa shape index (κ1) is 21.0. The first-order valence-electron chi connectivity index (χ1n) is 10.2. The Hall–Kier alpha value is -2.27. The molecule has 3 N–H and O–H groups in total. The normalized spacial score (nSPS) is 20.5. The molecule has 30 heavy (non-hydrogen) atoms. The van der Waals surface area contributed by atoms with Gasteiger partial charge in [0, 0.05) is 24.7 Å². The minimum atomic E-state index is -0.721. The number of hydrogen-bond acceptors (Lipinski definition) is 5. The zero-order chi connectivity index (χ0) is 21.5. The van der Waals surface area contributed by atoms with E-state index in [0.29, 0.717) is 22.9 Å². The van der Waals surface area contributed by atoms with Gasteiger partial charge in [-0.2, -0.15) is 0 Å². The van der Waals surface area contributed by atoms with Gasteiger partial charge in [-0.15, -0.1) is 0 Å². The highest BCUT2D eigenvalue weighted by molar-refractivity contribution is 6.33. The van der Waals surface area contributed by atoms with Crippen LogP contribution in [0.5, 0.6) is 0 Å². The second kappa shape index (κ2) is 8.10. The molecule has 1 atom stereocenters. The Morgan fingerprint density at radius 2 is 2.07 bits per heavy atom. The number of aliphatic hydroxyl groups is 1. The molecule has 1 aromatic carbocycles. The third-order valence-corrected chi connectivity index (χ3v) is 7.04. The number of aliphatic hydroxyl groups excluding tert-OH is 1. The summed E-state index contributed by atoms with van der Waals surface area (Å²) >= 11 is 5.93. The first-order valence-corrected chi connectivity index (χ1v) is 10.6. The van der Waals surface area contributed by atoms with Crippen molar-refractivity contribution in [2.75, 3.05) is 18.0 Å². The number of anilines is 1. The van der Waals surface area contributed by atoms with Crippen molar-refractivity contribution < 1.29 is 9.50 Å². The highest BCUT2D eigenvalue weighted by Crippen LogP contribution is 2.46. The molecule has 1 aliphatic heterocycles. The van der Waals surface area contributed by atoms with E-state index in [9.17, 15) is 9.50 Å². The fraction of sp³-hybridized carbons (Fsp3) is 0.500. The number of benzene rings is 1. The molecule has 0 radical (unpaired) electrons. The third-order valence-electron chi connectivity index (χ3n) is 6.74. The van der Waals surface area contributed by atoms with Gasteiger partial charge in [-0.25, -0.2) is 19.2 Å². The zero-order valence-corrected chi connectivity index (χ0v) is 17.7. The highest BCUT2D eigenvalue weighted by atomic mass is 35.5. The molecule has 1 aliphatic carbocycles. The average molecular weight is 430 g/mol. The molecule has 2 fully saturated rings. The lowest BCUT2D eigenvalue weighted by Crippen LogP contribution is -2.47. The van der Waals surface area contributed by atoms with Crippen molar-refractivity contribution in [1.29, 1.82) is 0 Å². The fourth-order valence-corrected chi connectivity index (χ4v) is 5.12. The number of nitrogens with zero attached hydrogens (tertiary/aromatic N) is 4. The predicted molar refractivity (Wildman–Crippen MR) is 115 cm³/mol. The molecular weight excluding hydrogens is 405 g/mol. The topological polar surface area (TPSA) is 79.6 Å². The van der Waals surface area contributed by atoms with Crippen molar-refractivity contribution in [3.05, 3.63) is 45.8 Å². The van der Waals surface area contributed by atoms with Gasteiger partial charge < -0.3 is 15.7 Å². The summed E-state index contributed by atoms with van der Waals surface area (Å²) in [4.78, 5) is 14.6. The summed E-state index contributed by atoms with van der Waals surface area (Å²) in [6.07, 6.45) is 5.46. The lowest BCUT2D eigenvalue weighted by atomic mass is 9.74. The molecule has 6 nitrogen and oxygen atoms in total. The van der Waals surface area contributed by atoms with Crippen LogP contribution in [0.25, 0.3) is 16.1 Å². The van der Waals surface area contributed by atoms with Crippen molar-refractivity contribution in [2.45, 2.75) is 51.7 Å². The molecule has 1 spiro atoms. The molecule has 158 valence electrons. The van der Waals surface area contributed by atoms with Crippen molar-refractivity contribution in [3.63, 3.8) is 0 Å². The Labute approximate surface area is 180 Å². The van der Waals surface area contributed by atoms with Crippen LogP contribution in [0.1, 0.15) is 43.5 Å². The summed E-state index contributed by atoms with van der Waals surface area (Å²) in [6, 6.07) is 3.24. The van der Waals surface area contributed by atoms with E-state index < -0.39 is 5.82 Å². The molecule has 1 saturated heterocycles. The van der Waals surface area contributed by atoms with E-state index in [0.717, 1.165) is 32.4 Å². The maximum absolute atomic E-state index is 14.8. The van der Waals surface area contributed by atoms with Crippen molar-refractivity contribution in [2.24, 2.45) is 11.1 Å². The summed E-state index contributed by atoms with van der Waals surface area (Å²) in [5.74, 6) is -0.0818. The van der Waals surface area contributed by atoms with E-state index >= 15 is 0 Å². The second-order valence-corrected chi connectivity index (χ2v) is 8.71. The molecule has 1 saturated carbocycles. The van der Waals surface area contributed by atoms with E-state index in [-0.39, 0.29) is 34.3 Å². The Morgan fingerprint density at radius 3 is 2.67 bits per heavy atom. The summed E-state index contributed by atoms with van der Waals surface area (Å²) in [6.45, 7) is 10.3. The zero-order valence-electron chi connectivity index (χ0n) is 17.0. The second-order valence-electron chi connectivity index (χ2n) is 8.30. The Balaban J connectivity index is 1.67. The van der Waals surface area contributed by atoms with Crippen LogP contribution in [0.15, 0.2) is 12.1 Å². The van der Waals surface area contributed by atoms with Gasteiger partial charge in [-0.3, -0.25) is 0 Å². The van der Waals surface area contributed by atoms with E-state index in [1.165, 1.54) is 25.0 Å². The van der Waals surface area contributed by atoms with Crippen molar-refractivity contribution in [3.8, 4) is 11.3 Å². The minimum absolute atomic E-state index is 0.0585. The number of halogens is 2. The van der Waals surface area contributed by atoms with Crippen LogP contribution < -0.4 is 10.6 Å². The Bertz CT molecular complexity index is 1010. The number of nitrogens with two attached hydrogens (primary N) is 1. The molecule has 1 aromatic heterocycles. The summed E-state index contributed by atoms with van der Waals surface area (Å²) in [5.41, 5.74) is 7.79. The van der Waals surface area contributed by atoms with Gasteiger partial charge in [0.25, 0.3) is 0 Å². The van der Waals surface area contributed by atoms with Gasteiger partial charge in [0.15, 0.2) is 5.82 Å². The van der Waals surface area contributed by atoms with Crippen molar-refractivity contribution >= 4 is 23.1 Å². The fourth-order valence-electron chi connectivity index (χ4n) is 4.93. The van der Waals surface area contributed by atoms with Gasteiger partial charge in [-0.05, 0) is 38.0 Å². The SMILES string of the molecule is [C-]#[N+]c1c(Cl)ccc(-c2nc(CO)c(N3CCC4(CCC[C@H]4N)CC3)nc2C)c1F. The lowest BCUT2D eigenvalue weighted by Gasteiger charge is -2.42. The van der Waals surface area contributed by atoms with Gasteiger partial charge in [-0.1, -0.05) is 30.2 Å². The van der Waals surface area contributed by atoms with E-state index in [1.54, 1.807) is 6.92 Å². The average Bonchev–Trinajstić information content (AvgIpc) is 3.09. The summed E-state index contributed by atoms with van der Waals surface area (Å²) < 4.78 is 14.8. The van der Waals surface area contributed by atoms with Crippen LogP contribution in [0.2, 0.25) is 5.02 Å². The van der Waals surface area contributed by atoms with Crippen LogP contribution >= 0.6 is 11.6 Å². The molecule has 0 amide bonds. The van der Waals surface area contributed by atoms with Gasteiger partial charge >= 0.3 is 0 Å². The molecule has 2 heterocycles. The van der Waals surface area contributed by atoms with Gasteiger partial charge in [0.2, 0.25) is 5.69 Å². The highest BCUT2D eigenvalue weighted by Gasteiger charge is 2.43. The van der Waals surface area contributed by atoms with Crippen LogP contribution in [-0.4, -0.2) is 34.2 Å². The van der Waals surface area contributed by atoms with E-state index in [4.69, 9.17) is 28.9 Å². The molecule has 2 aromatic rings.